The zero-order valence-corrected chi connectivity index (χ0v) is 55.4. The fraction of sp³-hybridized carbons (Fsp3) is 0.933. The zero-order chi connectivity index (χ0) is 58.5. The van der Waals surface area contributed by atoms with Crippen molar-refractivity contribution in [2.45, 2.75) is 438 Å². The maximum atomic E-state index is 12.9. The number of esters is 3. The average molecular weight is 1140 g/mol. The molecule has 1 unspecified atom stereocenters. The van der Waals surface area contributed by atoms with Gasteiger partial charge >= 0.3 is 17.9 Å². The van der Waals surface area contributed by atoms with Crippen LogP contribution in [0.5, 0.6) is 0 Å². The molecule has 0 heterocycles. The minimum atomic E-state index is -0.767. The van der Waals surface area contributed by atoms with E-state index in [0.717, 1.165) is 57.8 Å². The molecule has 0 aromatic rings. The molecule has 6 heteroatoms. The summed E-state index contributed by atoms with van der Waals surface area (Å²) < 4.78 is 17.0. The number of carbonyl (C=O) groups excluding carboxylic acids is 3. The van der Waals surface area contributed by atoms with Gasteiger partial charge in [-0.1, -0.05) is 380 Å². The van der Waals surface area contributed by atoms with Gasteiger partial charge in [0.1, 0.15) is 13.2 Å². The maximum Gasteiger partial charge on any atom is 0.306 e. The second kappa shape index (κ2) is 70.6. The highest BCUT2D eigenvalue weighted by Gasteiger charge is 2.20. The molecule has 0 amide bonds. The minimum absolute atomic E-state index is 0.0640. The maximum absolute atomic E-state index is 12.9. The van der Waals surface area contributed by atoms with Crippen molar-refractivity contribution < 1.29 is 28.6 Å². The molecule has 0 aliphatic carbocycles. The molecule has 1 atom stereocenters. The second-order valence-corrected chi connectivity index (χ2v) is 25.6. The van der Waals surface area contributed by atoms with Crippen LogP contribution in [-0.2, 0) is 28.6 Å². The lowest BCUT2D eigenvalue weighted by atomic mass is 10.0. The van der Waals surface area contributed by atoms with Crippen LogP contribution < -0.4 is 0 Å². The first kappa shape index (κ1) is 79.2. The van der Waals surface area contributed by atoms with E-state index in [1.54, 1.807) is 0 Å². The molecule has 0 rings (SSSR count). The molecule has 0 aromatic heterocycles. The van der Waals surface area contributed by atoms with Crippen LogP contribution in [0.4, 0.5) is 0 Å². The Kier molecular flexibility index (Phi) is 69.0. The van der Waals surface area contributed by atoms with Crippen LogP contribution in [0.25, 0.3) is 0 Å². The summed E-state index contributed by atoms with van der Waals surface area (Å²) in [5.74, 6) is -0.832. The van der Waals surface area contributed by atoms with E-state index in [9.17, 15) is 14.4 Å². The lowest BCUT2D eigenvalue weighted by Crippen LogP contribution is -2.30. The van der Waals surface area contributed by atoms with Gasteiger partial charge in [0.2, 0.25) is 0 Å². The smallest absolute Gasteiger partial charge is 0.306 e. The quantitative estimate of drug-likeness (QED) is 0.0261. The second-order valence-electron chi connectivity index (χ2n) is 25.6. The molecule has 0 aliphatic heterocycles. The third-order valence-corrected chi connectivity index (χ3v) is 17.3. The SMILES string of the molecule is CCCCCCCCCC/C=C\CCCCCCCCCCCC(=O)OC(COC(=O)CCCCCCCCCCCCC)COC(=O)CCCCCCCCCCCCCCCCCCCCCCCCCCCCCCCCC. The van der Waals surface area contributed by atoms with E-state index < -0.39 is 6.10 Å². The van der Waals surface area contributed by atoms with Gasteiger partial charge in [-0.25, -0.2) is 0 Å². The van der Waals surface area contributed by atoms with Crippen molar-refractivity contribution >= 4 is 17.9 Å². The molecule has 0 N–H and O–H groups in total. The molecule has 0 aliphatic rings. The molecule has 0 fully saturated rings. The van der Waals surface area contributed by atoms with E-state index in [0.29, 0.717) is 19.3 Å². The van der Waals surface area contributed by atoms with E-state index in [-0.39, 0.29) is 31.1 Å². The number of allylic oxidation sites excluding steroid dienone is 2. The highest BCUT2D eigenvalue weighted by molar-refractivity contribution is 5.71. The van der Waals surface area contributed by atoms with Gasteiger partial charge in [0.15, 0.2) is 6.10 Å². The Hall–Kier alpha value is -1.85. The highest BCUT2D eigenvalue weighted by atomic mass is 16.6. The number of hydrogen-bond acceptors (Lipinski definition) is 6. The summed E-state index contributed by atoms with van der Waals surface area (Å²) in [5, 5.41) is 0. The van der Waals surface area contributed by atoms with Crippen LogP contribution in [0.2, 0.25) is 0 Å². The summed E-state index contributed by atoms with van der Waals surface area (Å²) >= 11 is 0. The molecular weight excluding hydrogens is 997 g/mol. The third-order valence-electron chi connectivity index (χ3n) is 17.3. The average Bonchev–Trinajstić information content (AvgIpc) is 3.47. The van der Waals surface area contributed by atoms with Gasteiger partial charge < -0.3 is 14.2 Å². The number of ether oxygens (including phenoxy) is 3. The third kappa shape index (κ3) is 68.8. The lowest BCUT2D eigenvalue weighted by molar-refractivity contribution is -0.167. The van der Waals surface area contributed by atoms with Crippen LogP contribution in [0.1, 0.15) is 432 Å². The van der Waals surface area contributed by atoms with Gasteiger partial charge in [0.25, 0.3) is 0 Å². The summed E-state index contributed by atoms with van der Waals surface area (Å²) in [6.45, 7) is 6.72. The van der Waals surface area contributed by atoms with Gasteiger partial charge in [0.05, 0.1) is 0 Å². The minimum Gasteiger partial charge on any atom is -0.462 e. The molecular formula is C75H144O6. The van der Waals surface area contributed by atoms with E-state index >= 15 is 0 Å². The van der Waals surface area contributed by atoms with E-state index in [1.165, 1.54) is 334 Å². The summed E-state index contributed by atoms with van der Waals surface area (Å²) in [4.78, 5) is 38.4. The Bertz CT molecular complexity index is 1260. The fourth-order valence-corrected chi connectivity index (χ4v) is 11.7. The van der Waals surface area contributed by atoms with Crippen LogP contribution in [0, 0.1) is 0 Å². The van der Waals surface area contributed by atoms with Crippen molar-refractivity contribution in [3.05, 3.63) is 12.2 Å². The fourth-order valence-electron chi connectivity index (χ4n) is 11.7. The van der Waals surface area contributed by atoms with Gasteiger partial charge in [-0.15, -0.1) is 0 Å². The summed E-state index contributed by atoms with van der Waals surface area (Å²) in [7, 11) is 0. The monoisotopic (exact) mass is 1140 g/mol. The van der Waals surface area contributed by atoms with Gasteiger partial charge in [-0.3, -0.25) is 14.4 Å². The first-order valence-electron chi connectivity index (χ1n) is 37.2. The summed E-state index contributed by atoms with van der Waals surface area (Å²) in [5.41, 5.74) is 0. The number of rotatable bonds is 70. The molecule has 480 valence electrons. The Balaban J connectivity index is 4.08. The van der Waals surface area contributed by atoms with Crippen molar-refractivity contribution in [3.63, 3.8) is 0 Å². The molecule has 6 nitrogen and oxygen atoms in total. The van der Waals surface area contributed by atoms with Crippen LogP contribution in [0.3, 0.4) is 0 Å². The molecule has 0 bridgehead atoms. The molecule has 0 saturated heterocycles. The Morgan fingerprint density at radius 1 is 0.235 bits per heavy atom. The van der Waals surface area contributed by atoms with Crippen LogP contribution in [0.15, 0.2) is 12.2 Å². The van der Waals surface area contributed by atoms with E-state index in [4.69, 9.17) is 14.2 Å². The Labute approximate surface area is 507 Å². The number of carbonyl (C=O) groups is 3. The van der Waals surface area contributed by atoms with Gasteiger partial charge in [0, 0.05) is 19.3 Å². The summed E-state index contributed by atoms with van der Waals surface area (Å²) in [6, 6.07) is 0. The first-order chi connectivity index (χ1) is 40.0. The predicted octanol–water partition coefficient (Wildman–Crippen LogP) is 25.6. The molecule has 0 saturated carbocycles. The molecule has 0 spiro atoms. The van der Waals surface area contributed by atoms with E-state index in [1.807, 2.05) is 0 Å². The van der Waals surface area contributed by atoms with Gasteiger partial charge in [-0.05, 0) is 44.9 Å². The van der Waals surface area contributed by atoms with Crippen molar-refractivity contribution in [3.8, 4) is 0 Å². The zero-order valence-electron chi connectivity index (χ0n) is 55.4. The van der Waals surface area contributed by atoms with Crippen molar-refractivity contribution in [2.75, 3.05) is 13.2 Å². The lowest BCUT2D eigenvalue weighted by Gasteiger charge is -2.18. The molecule has 0 radical (unpaired) electrons. The summed E-state index contributed by atoms with van der Waals surface area (Å²) in [6.07, 6.45) is 85.6. The largest absolute Gasteiger partial charge is 0.462 e. The topological polar surface area (TPSA) is 78.9 Å². The molecule has 0 aromatic carbocycles. The highest BCUT2D eigenvalue weighted by Crippen LogP contribution is 2.19. The van der Waals surface area contributed by atoms with Gasteiger partial charge in [-0.2, -0.15) is 0 Å². The van der Waals surface area contributed by atoms with Crippen molar-refractivity contribution in [1.29, 1.82) is 0 Å². The molecule has 81 heavy (non-hydrogen) atoms. The number of hydrogen-bond donors (Lipinski definition) is 0. The first-order valence-corrected chi connectivity index (χ1v) is 37.2. The Morgan fingerprint density at radius 2 is 0.407 bits per heavy atom. The van der Waals surface area contributed by atoms with E-state index in [2.05, 4.69) is 32.9 Å². The Morgan fingerprint density at radius 3 is 0.617 bits per heavy atom. The number of unbranched alkanes of at least 4 members (excludes halogenated alkanes) is 57. The van der Waals surface area contributed by atoms with Crippen LogP contribution in [-0.4, -0.2) is 37.2 Å². The standard InChI is InChI=1S/C75H144O6/c1-4-7-10-13-16-19-22-24-26-28-30-32-33-34-35-36-37-38-39-40-41-43-44-46-48-50-53-56-59-62-65-68-74(77)80-71-72(70-79-73(76)67-64-61-58-55-52-21-18-15-12-9-6-3)81-75(78)69-66-63-60-57-54-51-49-47-45-42-31-29-27-25-23-20-17-14-11-8-5-2/h29,31,72H,4-28,30,32-71H2,1-3H3/b31-29-. The van der Waals surface area contributed by atoms with Crippen molar-refractivity contribution in [1.82, 2.24) is 0 Å². The van der Waals surface area contributed by atoms with Crippen molar-refractivity contribution in [2.24, 2.45) is 0 Å². The predicted molar refractivity (Wildman–Crippen MR) is 353 cm³/mol. The van der Waals surface area contributed by atoms with Crippen LogP contribution >= 0.6 is 0 Å². The normalized spacial score (nSPS) is 12.0.